The molecule has 1 amide bonds. The number of imidazole rings is 1. The van der Waals surface area contributed by atoms with Crippen molar-refractivity contribution in [2.75, 3.05) is 31.6 Å². The van der Waals surface area contributed by atoms with Gasteiger partial charge in [-0.25, -0.2) is 9.78 Å². The molecule has 4 aromatic rings. The van der Waals surface area contributed by atoms with Crippen LogP contribution >= 0.6 is 0 Å². The van der Waals surface area contributed by atoms with Crippen LogP contribution in [-0.2, 0) is 11.8 Å². The average Bonchev–Trinajstić information content (AvgIpc) is 3.01. The number of pyridine rings is 2. The van der Waals surface area contributed by atoms with Gasteiger partial charge >= 0.3 is 5.69 Å². The van der Waals surface area contributed by atoms with Crippen molar-refractivity contribution in [3.8, 4) is 5.69 Å². The van der Waals surface area contributed by atoms with Gasteiger partial charge in [-0.3, -0.25) is 18.9 Å². The molecule has 1 aliphatic heterocycles. The van der Waals surface area contributed by atoms with E-state index in [-0.39, 0.29) is 11.6 Å². The number of piperazine rings is 1. The summed E-state index contributed by atoms with van der Waals surface area (Å²) in [6.07, 6.45) is 1.75. The minimum atomic E-state index is -0.141. The normalized spacial score (nSPS) is 14.8. The largest absolute Gasteiger partial charge is 0.346 e. The van der Waals surface area contributed by atoms with Crippen molar-refractivity contribution in [1.29, 1.82) is 0 Å². The predicted molar refractivity (Wildman–Crippen MR) is 121 cm³/mol. The molecule has 8 heteroatoms. The first-order valence-electron chi connectivity index (χ1n) is 10.3. The predicted octanol–water partition coefficient (Wildman–Crippen LogP) is 2.17. The van der Waals surface area contributed by atoms with Gasteiger partial charge in [0.2, 0.25) is 5.91 Å². The van der Waals surface area contributed by atoms with E-state index in [1.165, 1.54) is 0 Å². The van der Waals surface area contributed by atoms with Crippen molar-refractivity contribution in [1.82, 2.24) is 24.0 Å². The molecule has 158 valence electrons. The van der Waals surface area contributed by atoms with Gasteiger partial charge in [-0.15, -0.1) is 0 Å². The Kier molecular flexibility index (Phi) is 4.32. The maximum Gasteiger partial charge on any atom is 0.333 e. The standard InChI is InChI=1S/C23H24N6O2/c1-14-5-6-17-16(11-14)22-19(12-24-17)27(4)23(31)29(22)18-7-8-20(25-15(18)2)28-10-9-26(3)21(30)13-28/h5-8,11-12H,9-10,13H2,1-4H3. The molecule has 0 bridgehead atoms. The number of aryl methyl sites for hydroxylation is 3. The minimum absolute atomic E-state index is 0.0781. The zero-order valence-electron chi connectivity index (χ0n) is 18.1. The summed E-state index contributed by atoms with van der Waals surface area (Å²) in [5.74, 6) is 0.827. The Morgan fingerprint density at radius 1 is 1.00 bits per heavy atom. The van der Waals surface area contributed by atoms with E-state index < -0.39 is 0 Å². The minimum Gasteiger partial charge on any atom is -0.346 e. The van der Waals surface area contributed by atoms with Crippen molar-refractivity contribution in [2.24, 2.45) is 7.05 Å². The molecule has 0 aliphatic carbocycles. The van der Waals surface area contributed by atoms with Gasteiger partial charge < -0.3 is 9.80 Å². The summed E-state index contributed by atoms with van der Waals surface area (Å²) in [5, 5.41) is 0.934. The van der Waals surface area contributed by atoms with Crippen LogP contribution in [0.4, 0.5) is 5.82 Å². The zero-order valence-corrected chi connectivity index (χ0v) is 18.1. The van der Waals surface area contributed by atoms with Gasteiger partial charge in [-0.05, 0) is 38.1 Å². The van der Waals surface area contributed by atoms with Gasteiger partial charge in [0.1, 0.15) is 5.82 Å². The smallest absolute Gasteiger partial charge is 0.333 e. The van der Waals surface area contributed by atoms with E-state index in [2.05, 4.69) is 11.1 Å². The fraction of sp³-hybridized carbons (Fsp3) is 0.304. The molecule has 31 heavy (non-hydrogen) atoms. The lowest BCUT2D eigenvalue weighted by Gasteiger charge is -2.33. The van der Waals surface area contributed by atoms with Crippen LogP contribution in [0.1, 0.15) is 11.3 Å². The van der Waals surface area contributed by atoms with Crippen LogP contribution in [0.15, 0.2) is 41.3 Å². The summed E-state index contributed by atoms with van der Waals surface area (Å²) in [6.45, 7) is 5.64. The molecule has 0 atom stereocenters. The lowest BCUT2D eigenvalue weighted by Crippen LogP contribution is -2.48. The van der Waals surface area contributed by atoms with Crippen LogP contribution in [0.2, 0.25) is 0 Å². The second-order valence-corrected chi connectivity index (χ2v) is 8.20. The third kappa shape index (κ3) is 2.98. The van der Waals surface area contributed by atoms with Crippen molar-refractivity contribution in [2.45, 2.75) is 13.8 Å². The highest BCUT2D eigenvalue weighted by Crippen LogP contribution is 2.27. The molecule has 4 heterocycles. The Morgan fingerprint density at radius 2 is 1.81 bits per heavy atom. The summed E-state index contributed by atoms with van der Waals surface area (Å²) >= 11 is 0. The van der Waals surface area contributed by atoms with Crippen molar-refractivity contribution in [3.63, 3.8) is 0 Å². The van der Waals surface area contributed by atoms with E-state index in [1.54, 1.807) is 27.3 Å². The van der Waals surface area contributed by atoms with E-state index in [0.717, 1.165) is 51.2 Å². The second kappa shape index (κ2) is 6.94. The SMILES string of the molecule is Cc1ccc2ncc3c(c2c1)n(-c1ccc(N2CCN(C)C(=O)C2)nc1C)c(=O)n3C. The van der Waals surface area contributed by atoms with Gasteiger partial charge in [0.05, 0.1) is 40.7 Å². The van der Waals surface area contributed by atoms with Crippen molar-refractivity contribution in [3.05, 3.63) is 58.3 Å². The Labute approximate surface area is 179 Å². The summed E-state index contributed by atoms with van der Waals surface area (Å²) in [5.41, 5.74) is 4.87. The summed E-state index contributed by atoms with van der Waals surface area (Å²) < 4.78 is 3.34. The number of aromatic nitrogens is 4. The lowest BCUT2D eigenvalue weighted by molar-refractivity contribution is -0.129. The van der Waals surface area contributed by atoms with E-state index in [4.69, 9.17) is 4.98 Å². The molecule has 3 aromatic heterocycles. The first kappa shape index (κ1) is 19.3. The van der Waals surface area contributed by atoms with Crippen LogP contribution in [0.3, 0.4) is 0 Å². The van der Waals surface area contributed by atoms with Crippen molar-refractivity contribution >= 4 is 33.7 Å². The third-order valence-electron chi connectivity index (χ3n) is 6.10. The van der Waals surface area contributed by atoms with E-state index in [0.29, 0.717) is 13.1 Å². The first-order valence-corrected chi connectivity index (χ1v) is 10.3. The van der Waals surface area contributed by atoms with Gasteiger partial charge in [-0.2, -0.15) is 0 Å². The Morgan fingerprint density at radius 3 is 2.55 bits per heavy atom. The highest BCUT2D eigenvalue weighted by Gasteiger charge is 2.23. The van der Waals surface area contributed by atoms with Gasteiger partial charge in [0, 0.05) is 32.6 Å². The summed E-state index contributed by atoms with van der Waals surface area (Å²) in [6, 6.07) is 9.87. The van der Waals surface area contributed by atoms with Crippen LogP contribution in [-0.4, -0.2) is 56.6 Å². The molecule has 0 spiro atoms. The van der Waals surface area contributed by atoms with E-state index in [9.17, 15) is 9.59 Å². The molecule has 1 aliphatic rings. The first-order chi connectivity index (χ1) is 14.8. The molecular formula is C23H24N6O2. The molecule has 0 N–H and O–H groups in total. The van der Waals surface area contributed by atoms with Crippen LogP contribution in [0, 0.1) is 13.8 Å². The quantitative estimate of drug-likeness (QED) is 0.501. The highest BCUT2D eigenvalue weighted by atomic mass is 16.2. The molecule has 5 rings (SSSR count). The Balaban J connectivity index is 1.69. The molecule has 8 nitrogen and oxygen atoms in total. The second-order valence-electron chi connectivity index (χ2n) is 8.20. The number of rotatable bonds is 2. The number of carbonyl (C=O) groups is 1. The molecular weight excluding hydrogens is 392 g/mol. The highest BCUT2D eigenvalue weighted by molar-refractivity contribution is 6.03. The fourth-order valence-corrected chi connectivity index (χ4v) is 4.24. The summed E-state index contributed by atoms with van der Waals surface area (Å²) in [4.78, 5) is 38.4. The molecule has 1 fully saturated rings. The number of amides is 1. The molecule has 0 radical (unpaired) electrons. The monoisotopic (exact) mass is 416 g/mol. The molecule has 1 aromatic carbocycles. The number of anilines is 1. The number of carbonyl (C=O) groups excluding carboxylic acids is 1. The maximum absolute atomic E-state index is 13.2. The zero-order chi connectivity index (χ0) is 21.9. The van der Waals surface area contributed by atoms with Gasteiger partial charge in [0.25, 0.3) is 0 Å². The van der Waals surface area contributed by atoms with Crippen LogP contribution in [0.25, 0.3) is 27.6 Å². The number of hydrogen-bond acceptors (Lipinski definition) is 5. The summed E-state index contributed by atoms with van der Waals surface area (Å²) in [7, 11) is 3.58. The number of hydrogen-bond donors (Lipinski definition) is 0. The maximum atomic E-state index is 13.2. The number of fused-ring (bicyclic) bond motifs is 3. The number of likely N-dealkylation sites (N-methyl/N-ethyl adjacent to an activating group) is 1. The average molecular weight is 416 g/mol. The van der Waals surface area contributed by atoms with Gasteiger partial charge in [0.15, 0.2) is 0 Å². The van der Waals surface area contributed by atoms with Crippen LogP contribution in [0.5, 0.6) is 0 Å². The van der Waals surface area contributed by atoms with E-state index in [1.807, 2.05) is 50.1 Å². The van der Waals surface area contributed by atoms with Gasteiger partial charge in [-0.1, -0.05) is 11.6 Å². The lowest BCUT2D eigenvalue weighted by atomic mass is 10.1. The molecule has 0 unspecified atom stereocenters. The topological polar surface area (TPSA) is 76.3 Å². The Bertz CT molecular complexity index is 1420. The fourth-order valence-electron chi connectivity index (χ4n) is 4.24. The Hall–Kier alpha value is -3.68. The molecule has 1 saturated heterocycles. The van der Waals surface area contributed by atoms with Crippen LogP contribution < -0.4 is 10.6 Å². The number of nitrogens with zero attached hydrogens (tertiary/aromatic N) is 6. The van der Waals surface area contributed by atoms with Crippen molar-refractivity contribution < 1.29 is 4.79 Å². The molecule has 0 saturated carbocycles. The van der Waals surface area contributed by atoms with E-state index >= 15 is 0 Å². The third-order valence-corrected chi connectivity index (χ3v) is 6.10. The number of benzene rings is 1.